The molecule has 0 saturated carbocycles. The average Bonchev–Trinajstić information content (AvgIpc) is 3.48. The zero-order valence-electron chi connectivity index (χ0n) is 18.0. The molecule has 5 rings (SSSR count). The first-order chi connectivity index (χ1) is 16.1. The van der Waals surface area contributed by atoms with Gasteiger partial charge in [0.2, 0.25) is 0 Å². The Morgan fingerprint density at radius 1 is 1.06 bits per heavy atom. The maximum atomic E-state index is 13.0. The maximum Gasteiger partial charge on any atom is 0.289 e. The minimum atomic E-state index is -0.187. The van der Waals surface area contributed by atoms with Crippen molar-refractivity contribution in [2.75, 3.05) is 19.7 Å². The summed E-state index contributed by atoms with van der Waals surface area (Å²) < 4.78 is 11.6. The largest absolute Gasteiger partial charge is 0.492 e. The van der Waals surface area contributed by atoms with Crippen molar-refractivity contribution in [3.8, 4) is 17.6 Å². The molecular formula is C26H23N3O4. The summed E-state index contributed by atoms with van der Waals surface area (Å²) in [4.78, 5) is 14.8. The van der Waals surface area contributed by atoms with Crippen LogP contribution in [0.4, 0.5) is 0 Å². The van der Waals surface area contributed by atoms with Crippen molar-refractivity contribution in [3.05, 3.63) is 88.9 Å². The van der Waals surface area contributed by atoms with Crippen LogP contribution in [0.15, 0.2) is 70.2 Å². The number of piperidine rings is 1. The fourth-order valence-electron chi connectivity index (χ4n) is 4.46. The highest BCUT2D eigenvalue weighted by Gasteiger charge is 2.44. The standard InChI is InChI=1S/C26H23N3O4/c27-24(28-31)19-7-10-22-21(16-19)26(17-32-22)12-14-29(15-13-26)25(30)23-11-9-20(33-23)8-6-18-4-2-1-3-5-18/h1-5,7,9-11,16,31H,12-15,17H2,(H2,27,28). The number of nitrogens with two attached hydrogens (primary N) is 1. The van der Waals surface area contributed by atoms with Crippen LogP contribution in [0.5, 0.6) is 5.75 Å². The van der Waals surface area contributed by atoms with E-state index in [2.05, 4.69) is 17.0 Å². The molecule has 3 N–H and O–H groups in total. The van der Waals surface area contributed by atoms with E-state index in [4.69, 9.17) is 20.1 Å². The van der Waals surface area contributed by atoms with E-state index >= 15 is 0 Å². The Hall–Kier alpha value is -4.18. The number of ether oxygens (including phenoxy) is 1. The van der Waals surface area contributed by atoms with Crippen LogP contribution in [-0.4, -0.2) is 41.5 Å². The quantitative estimate of drug-likeness (QED) is 0.209. The molecule has 1 fully saturated rings. The molecule has 0 unspecified atom stereocenters. The summed E-state index contributed by atoms with van der Waals surface area (Å²) in [6, 6.07) is 18.6. The van der Waals surface area contributed by atoms with Crippen molar-refractivity contribution in [2.45, 2.75) is 18.3 Å². The Labute approximate surface area is 191 Å². The van der Waals surface area contributed by atoms with Gasteiger partial charge in [-0.25, -0.2) is 0 Å². The van der Waals surface area contributed by atoms with Crippen LogP contribution in [0.1, 0.15) is 45.8 Å². The number of hydrogen-bond acceptors (Lipinski definition) is 5. The number of carbonyl (C=O) groups is 1. The molecule has 1 spiro atoms. The zero-order valence-corrected chi connectivity index (χ0v) is 18.0. The van der Waals surface area contributed by atoms with E-state index in [0.29, 0.717) is 36.8 Å². The van der Waals surface area contributed by atoms with E-state index < -0.39 is 0 Å². The molecule has 3 heterocycles. The number of rotatable bonds is 2. The van der Waals surface area contributed by atoms with Crippen LogP contribution in [0.25, 0.3) is 0 Å². The second-order valence-corrected chi connectivity index (χ2v) is 8.34. The summed E-state index contributed by atoms with van der Waals surface area (Å²) in [6.45, 7) is 1.73. The molecule has 7 nitrogen and oxygen atoms in total. The Morgan fingerprint density at radius 2 is 1.85 bits per heavy atom. The number of amidine groups is 1. The van der Waals surface area contributed by atoms with Gasteiger partial charge in [0.25, 0.3) is 5.91 Å². The monoisotopic (exact) mass is 441 g/mol. The maximum absolute atomic E-state index is 13.0. The molecule has 2 aliphatic heterocycles. The minimum Gasteiger partial charge on any atom is -0.492 e. The molecule has 166 valence electrons. The second kappa shape index (κ2) is 8.40. The number of benzene rings is 2. The number of oxime groups is 1. The number of likely N-dealkylation sites (tertiary alicyclic amines) is 1. The van der Waals surface area contributed by atoms with Crippen LogP contribution in [0.3, 0.4) is 0 Å². The highest BCUT2D eigenvalue weighted by atomic mass is 16.5. The average molecular weight is 441 g/mol. The highest BCUT2D eigenvalue weighted by molar-refractivity contribution is 5.97. The van der Waals surface area contributed by atoms with E-state index in [-0.39, 0.29) is 17.2 Å². The van der Waals surface area contributed by atoms with Gasteiger partial charge in [0.05, 0.1) is 6.61 Å². The molecule has 1 amide bonds. The smallest absolute Gasteiger partial charge is 0.289 e. The predicted molar refractivity (Wildman–Crippen MR) is 122 cm³/mol. The summed E-state index contributed by atoms with van der Waals surface area (Å²) in [7, 11) is 0. The Kier molecular flexibility index (Phi) is 5.27. The summed E-state index contributed by atoms with van der Waals surface area (Å²) in [5.74, 6) is 7.50. The van der Waals surface area contributed by atoms with Gasteiger partial charge in [-0.15, -0.1) is 0 Å². The third-order valence-corrected chi connectivity index (χ3v) is 6.39. The van der Waals surface area contributed by atoms with Crippen molar-refractivity contribution in [3.63, 3.8) is 0 Å². The Bertz CT molecular complexity index is 1280. The molecule has 1 aromatic heterocycles. The molecule has 3 aromatic rings. The first-order valence-corrected chi connectivity index (χ1v) is 10.8. The van der Waals surface area contributed by atoms with Gasteiger partial charge in [0.15, 0.2) is 17.4 Å². The molecule has 1 saturated heterocycles. The molecule has 0 radical (unpaired) electrons. The van der Waals surface area contributed by atoms with Gasteiger partial charge in [0, 0.05) is 35.2 Å². The van der Waals surface area contributed by atoms with Crippen LogP contribution in [0.2, 0.25) is 0 Å². The number of fused-ring (bicyclic) bond motifs is 2. The van der Waals surface area contributed by atoms with Crippen LogP contribution >= 0.6 is 0 Å². The van der Waals surface area contributed by atoms with Crippen molar-refractivity contribution in [1.82, 2.24) is 4.90 Å². The molecule has 2 aromatic carbocycles. The van der Waals surface area contributed by atoms with E-state index in [0.717, 1.165) is 29.7 Å². The van der Waals surface area contributed by atoms with Crippen molar-refractivity contribution in [1.29, 1.82) is 0 Å². The second-order valence-electron chi connectivity index (χ2n) is 8.34. The van der Waals surface area contributed by atoms with Gasteiger partial charge < -0.3 is 25.0 Å². The number of hydrogen-bond donors (Lipinski definition) is 2. The normalized spacial score (nSPS) is 16.6. The molecule has 0 aliphatic carbocycles. The molecule has 7 heteroatoms. The summed E-state index contributed by atoms with van der Waals surface area (Å²) >= 11 is 0. The van der Waals surface area contributed by atoms with Crippen LogP contribution in [0, 0.1) is 11.8 Å². The molecule has 2 aliphatic rings. The fourth-order valence-corrected chi connectivity index (χ4v) is 4.46. The first kappa shape index (κ1) is 20.7. The summed E-state index contributed by atoms with van der Waals surface area (Å²) in [6.07, 6.45) is 1.51. The van der Waals surface area contributed by atoms with E-state index in [1.54, 1.807) is 18.2 Å². The minimum absolute atomic E-state index is 0.0662. The first-order valence-electron chi connectivity index (χ1n) is 10.8. The number of amides is 1. The van der Waals surface area contributed by atoms with Crippen molar-refractivity contribution >= 4 is 11.7 Å². The number of carbonyl (C=O) groups excluding carboxylic acids is 1. The molecular weight excluding hydrogens is 418 g/mol. The van der Waals surface area contributed by atoms with Gasteiger partial charge in [-0.3, -0.25) is 4.79 Å². The predicted octanol–water partition coefficient (Wildman–Crippen LogP) is 3.34. The SMILES string of the molecule is NC(=NO)c1ccc2c(c1)C1(CCN(C(=O)c3ccc(C#Cc4ccccc4)o3)CC1)CO2. The number of furan rings is 1. The van der Waals surface area contributed by atoms with Gasteiger partial charge >= 0.3 is 0 Å². The zero-order chi connectivity index (χ0) is 22.8. The lowest BCUT2D eigenvalue weighted by molar-refractivity contribution is 0.0615. The fraction of sp³-hybridized carbons (Fsp3) is 0.231. The molecule has 0 bridgehead atoms. The topological polar surface area (TPSA) is 101 Å². The van der Waals surface area contributed by atoms with Gasteiger partial charge in [-0.2, -0.15) is 0 Å². The van der Waals surface area contributed by atoms with Crippen LogP contribution in [-0.2, 0) is 5.41 Å². The van der Waals surface area contributed by atoms with E-state index in [1.807, 2.05) is 47.4 Å². The Balaban J connectivity index is 1.28. The van der Waals surface area contributed by atoms with Crippen molar-refractivity contribution in [2.24, 2.45) is 10.9 Å². The van der Waals surface area contributed by atoms with Crippen LogP contribution < -0.4 is 10.5 Å². The third kappa shape index (κ3) is 3.92. The third-order valence-electron chi connectivity index (χ3n) is 6.39. The lowest BCUT2D eigenvalue weighted by Crippen LogP contribution is -2.46. The molecule has 0 atom stereocenters. The van der Waals surface area contributed by atoms with Gasteiger partial charge in [0.1, 0.15) is 5.75 Å². The lowest BCUT2D eigenvalue weighted by Gasteiger charge is -2.38. The molecule has 33 heavy (non-hydrogen) atoms. The van der Waals surface area contributed by atoms with E-state index in [1.165, 1.54) is 0 Å². The van der Waals surface area contributed by atoms with Gasteiger partial charge in [-0.05, 0) is 61.2 Å². The number of nitrogens with zero attached hydrogens (tertiary/aromatic N) is 2. The van der Waals surface area contributed by atoms with Gasteiger partial charge in [-0.1, -0.05) is 29.3 Å². The lowest BCUT2D eigenvalue weighted by atomic mass is 9.74. The summed E-state index contributed by atoms with van der Waals surface area (Å²) in [5, 5.41) is 12.1. The Morgan fingerprint density at radius 3 is 2.61 bits per heavy atom. The summed E-state index contributed by atoms with van der Waals surface area (Å²) in [5.41, 5.74) is 8.18. The van der Waals surface area contributed by atoms with Crippen molar-refractivity contribution < 1.29 is 19.2 Å². The van der Waals surface area contributed by atoms with E-state index in [9.17, 15) is 4.79 Å². The highest BCUT2D eigenvalue weighted by Crippen LogP contribution is 2.46.